The van der Waals surface area contributed by atoms with E-state index in [9.17, 15) is 4.79 Å². The van der Waals surface area contributed by atoms with Crippen LogP contribution in [0.3, 0.4) is 0 Å². The number of hydrogen-bond donors (Lipinski definition) is 2. The summed E-state index contributed by atoms with van der Waals surface area (Å²) < 4.78 is 10.8. The van der Waals surface area contributed by atoms with Crippen molar-refractivity contribution in [3.63, 3.8) is 0 Å². The highest BCUT2D eigenvalue weighted by atomic mass is 35.5. The van der Waals surface area contributed by atoms with Crippen molar-refractivity contribution < 1.29 is 14.3 Å². The SMILES string of the molecule is CNC(=O)Oc1cc(-c2ccc(OC[C@@](C)(N)CC(C)C)c(Cl)c2)cnn1. The molecule has 146 valence electrons. The van der Waals surface area contributed by atoms with Crippen molar-refractivity contribution in [2.75, 3.05) is 13.7 Å². The third-order valence-corrected chi connectivity index (χ3v) is 4.03. The predicted octanol–water partition coefficient (Wildman–Crippen LogP) is 3.66. The zero-order valence-electron chi connectivity index (χ0n) is 16.0. The molecule has 1 heterocycles. The van der Waals surface area contributed by atoms with Gasteiger partial charge in [-0.3, -0.25) is 0 Å². The topological polar surface area (TPSA) is 99.4 Å². The van der Waals surface area contributed by atoms with Gasteiger partial charge >= 0.3 is 6.09 Å². The Kier molecular flexibility index (Phi) is 6.98. The van der Waals surface area contributed by atoms with E-state index in [1.807, 2.05) is 13.0 Å². The molecule has 0 saturated carbocycles. The molecule has 0 saturated heterocycles. The van der Waals surface area contributed by atoms with Gasteiger partial charge in [-0.2, -0.15) is 5.10 Å². The van der Waals surface area contributed by atoms with Crippen molar-refractivity contribution in [3.05, 3.63) is 35.5 Å². The maximum absolute atomic E-state index is 11.3. The smallest absolute Gasteiger partial charge is 0.413 e. The molecule has 0 aliphatic heterocycles. The van der Waals surface area contributed by atoms with Crippen LogP contribution in [0.15, 0.2) is 30.5 Å². The van der Waals surface area contributed by atoms with Crippen molar-refractivity contribution in [2.45, 2.75) is 32.7 Å². The maximum Gasteiger partial charge on any atom is 0.413 e. The number of carbonyl (C=O) groups excluding carboxylic acids is 1. The minimum atomic E-state index is -0.616. The van der Waals surface area contributed by atoms with E-state index in [0.29, 0.717) is 28.9 Å². The molecule has 27 heavy (non-hydrogen) atoms. The number of aromatic nitrogens is 2. The van der Waals surface area contributed by atoms with Crippen molar-refractivity contribution in [2.24, 2.45) is 11.7 Å². The number of hydrogen-bond acceptors (Lipinski definition) is 6. The van der Waals surface area contributed by atoms with Crippen molar-refractivity contribution in [1.29, 1.82) is 0 Å². The summed E-state index contributed by atoms with van der Waals surface area (Å²) in [6, 6.07) is 6.99. The summed E-state index contributed by atoms with van der Waals surface area (Å²) in [4.78, 5) is 11.3. The molecule has 7 nitrogen and oxygen atoms in total. The molecule has 0 aliphatic carbocycles. The van der Waals surface area contributed by atoms with Crippen molar-refractivity contribution in [3.8, 4) is 22.8 Å². The summed E-state index contributed by atoms with van der Waals surface area (Å²) in [6.45, 7) is 6.58. The molecule has 8 heteroatoms. The standard InChI is InChI=1S/C19H25ClN4O3/c1-12(2)9-19(3,21)11-26-16-6-5-13(7-15(16)20)14-8-17(24-23-10-14)27-18(25)22-4/h5-8,10,12H,9,11,21H2,1-4H3,(H,22,25)/t19-/m0/s1. The van der Waals surface area contributed by atoms with Crippen LogP contribution in [0, 0.1) is 5.92 Å². The second kappa shape index (κ2) is 9.01. The molecule has 2 rings (SSSR count). The molecule has 1 amide bonds. The molecule has 3 N–H and O–H groups in total. The molecule has 2 aromatic rings. The lowest BCUT2D eigenvalue weighted by molar-refractivity contribution is 0.200. The van der Waals surface area contributed by atoms with Crippen LogP contribution in [0.25, 0.3) is 11.1 Å². The first-order valence-corrected chi connectivity index (χ1v) is 9.02. The first-order chi connectivity index (χ1) is 12.7. The molecule has 1 atom stereocenters. The molecule has 0 bridgehead atoms. The van der Waals surface area contributed by atoms with Gasteiger partial charge in [0.2, 0.25) is 5.88 Å². The quantitative estimate of drug-likeness (QED) is 0.745. The normalized spacial score (nSPS) is 13.1. The molecular weight excluding hydrogens is 368 g/mol. The average Bonchev–Trinajstić information content (AvgIpc) is 2.59. The van der Waals surface area contributed by atoms with Gasteiger partial charge in [-0.05, 0) is 37.0 Å². The summed E-state index contributed by atoms with van der Waals surface area (Å²) in [5.41, 5.74) is 7.34. The van der Waals surface area contributed by atoms with Gasteiger partial charge in [0.15, 0.2) is 0 Å². The Balaban J connectivity index is 2.12. The molecule has 0 unspecified atom stereocenters. The van der Waals surface area contributed by atoms with Gasteiger partial charge in [0.1, 0.15) is 12.4 Å². The molecule has 0 spiro atoms. The Bertz CT molecular complexity index is 796. The van der Waals surface area contributed by atoms with E-state index in [4.69, 9.17) is 26.8 Å². The zero-order chi connectivity index (χ0) is 20.0. The zero-order valence-corrected chi connectivity index (χ0v) is 16.7. The number of benzene rings is 1. The predicted molar refractivity (Wildman–Crippen MR) is 105 cm³/mol. The lowest BCUT2D eigenvalue weighted by atomic mass is 9.93. The molecular formula is C19H25ClN4O3. The minimum absolute atomic E-state index is 0.0934. The number of ether oxygens (including phenoxy) is 2. The third kappa shape index (κ3) is 6.37. The maximum atomic E-state index is 11.3. The molecule has 1 aromatic heterocycles. The van der Waals surface area contributed by atoms with Gasteiger partial charge in [0.05, 0.1) is 11.2 Å². The second-order valence-electron chi connectivity index (χ2n) is 7.11. The van der Waals surface area contributed by atoms with E-state index in [1.165, 1.54) is 7.05 Å². The Morgan fingerprint density at radius 1 is 1.33 bits per heavy atom. The van der Waals surface area contributed by atoms with Gasteiger partial charge in [-0.15, -0.1) is 5.10 Å². The highest BCUT2D eigenvalue weighted by Crippen LogP contribution is 2.31. The lowest BCUT2D eigenvalue weighted by Crippen LogP contribution is -2.43. The van der Waals surface area contributed by atoms with Crippen LogP contribution in [0.1, 0.15) is 27.2 Å². The Hall–Kier alpha value is -2.38. The number of nitrogens with one attached hydrogen (secondary N) is 1. The number of rotatable bonds is 7. The Labute approximate surface area is 164 Å². The summed E-state index contributed by atoms with van der Waals surface area (Å²) in [5.74, 6) is 1.13. The van der Waals surface area contributed by atoms with Crippen LogP contribution in [0.4, 0.5) is 4.79 Å². The van der Waals surface area contributed by atoms with Gasteiger partial charge in [-0.1, -0.05) is 31.5 Å². The molecule has 0 fully saturated rings. The van der Waals surface area contributed by atoms with E-state index < -0.39 is 11.6 Å². The Morgan fingerprint density at radius 2 is 2.07 bits per heavy atom. The molecule has 0 aliphatic rings. The first-order valence-electron chi connectivity index (χ1n) is 8.64. The fourth-order valence-electron chi connectivity index (χ4n) is 2.73. The highest BCUT2D eigenvalue weighted by Gasteiger charge is 2.21. The van der Waals surface area contributed by atoms with E-state index in [-0.39, 0.29) is 5.88 Å². The largest absolute Gasteiger partial charge is 0.490 e. The van der Waals surface area contributed by atoms with Gasteiger partial charge in [-0.25, -0.2) is 4.79 Å². The second-order valence-corrected chi connectivity index (χ2v) is 7.52. The number of nitrogens with zero attached hydrogens (tertiary/aromatic N) is 2. The monoisotopic (exact) mass is 392 g/mol. The van der Waals surface area contributed by atoms with Crippen LogP contribution in [-0.2, 0) is 0 Å². The van der Waals surface area contributed by atoms with Crippen LogP contribution < -0.4 is 20.5 Å². The number of halogens is 1. The minimum Gasteiger partial charge on any atom is -0.490 e. The van der Waals surface area contributed by atoms with Crippen LogP contribution in [0.5, 0.6) is 11.6 Å². The summed E-state index contributed by atoms with van der Waals surface area (Å²) in [5, 5.41) is 10.4. The van der Waals surface area contributed by atoms with E-state index >= 15 is 0 Å². The summed E-state index contributed by atoms with van der Waals surface area (Å²) in [6.07, 6.45) is 1.79. The van der Waals surface area contributed by atoms with Gasteiger partial charge < -0.3 is 20.5 Å². The van der Waals surface area contributed by atoms with E-state index in [1.54, 1.807) is 24.4 Å². The number of carbonyl (C=O) groups is 1. The molecule has 1 aromatic carbocycles. The van der Waals surface area contributed by atoms with Gasteiger partial charge in [0, 0.05) is 24.2 Å². The summed E-state index contributed by atoms with van der Waals surface area (Å²) in [7, 11) is 1.46. The van der Waals surface area contributed by atoms with Crippen LogP contribution in [0.2, 0.25) is 5.02 Å². The van der Waals surface area contributed by atoms with Crippen LogP contribution >= 0.6 is 11.6 Å². The highest BCUT2D eigenvalue weighted by molar-refractivity contribution is 6.32. The fraction of sp³-hybridized carbons (Fsp3) is 0.421. The fourth-order valence-corrected chi connectivity index (χ4v) is 2.97. The van der Waals surface area contributed by atoms with E-state index in [0.717, 1.165) is 12.0 Å². The first kappa shape index (κ1) is 20.9. The number of nitrogens with two attached hydrogens (primary N) is 1. The van der Waals surface area contributed by atoms with Crippen molar-refractivity contribution >= 4 is 17.7 Å². The average molecular weight is 393 g/mol. The van der Waals surface area contributed by atoms with Gasteiger partial charge in [0.25, 0.3) is 0 Å². The van der Waals surface area contributed by atoms with Crippen molar-refractivity contribution in [1.82, 2.24) is 15.5 Å². The number of amides is 1. The molecule has 0 radical (unpaired) electrons. The third-order valence-electron chi connectivity index (χ3n) is 3.73. The Morgan fingerprint density at radius 3 is 2.70 bits per heavy atom. The lowest BCUT2D eigenvalue weighted by Gasteiger charge is -2.26. The van der Waals surface area contributed by atoms with E-state index in [2.05, 4.69) is 29.4 Å². The summed E-state index contributed by atoms with van der Waals surface area (Å²) >= 11 is 6.36. The van der Waals surface area contributed by atoms with Crippen LogP contribution in [-0.4, -0.2) is 35.5 Å².